The highest BCUT2D eigenvalue weighted by atomic mass is 31.2. The molecule has 19 heteroatoms. The smallest absolute Gasteiger partial charge is 0.462 e. The van der Waals surface area contributed by atoms with Gasteiger partial charge in [0, 0.05) is 25.7 Å². The number of carbonyl (C=O) groups excluding carboxylic acids is 4. The lowest BCUT2D eigenvalue weighted by Crippen LogP contribution is -2.30. The lowest BCUT2D eigenvalue weighted by Gasteiger charge is -2.21. The first-order valence-electron chi connectivity index (χ1n) is 36.1. The Morgan fingerprint density at radius 2 is 0.523 bits per heavy atom. The van der Waals surface area contributed by atoms with E-state index < -0.39 is 97.5 Å². The van der Waals surface area contributed by atoms with Gasteiger partial charge in [-0.2, -0.15) is 0 Å². The van der Waals surface area contributed by atoms with E-state index in [2.05, 4.69) is 34.6 Å². The average molecular weight is 1300 g/mol. The van der Waals surface area contributed by atoms with Gasteiger partial charge in [0.05, 0.1) is 26.4 Å². The third-order valence-corrected chi connectivity index (χ3v) is 17.9. The Bertz CT molecular complexity index is 1700. The van der Waals surface area contributed by atoms with Gasteiger partial charge in [-0.05, 0) is 31.6 Å². The predicted molar refractivity (Wildman–Crippen MR) is 354 cm³/mol. The number of unbranched alkanes of at least 4 members (excludes halogenated alkanes) is 41. The van der Waals surface area contributed by atoms with Crippen LogP contribution in [0.5, 0.6) is 0 Å². The van der Waals surface area contributed by atoms with Crippen LogP contribution in [0.1, 0.15) is 356 Å². The molecule has 0 spiro atoms. The molecule has 0 bridgehead atoms. The van der Waals surface area contributed by atoms with Gasteiger partial charge in [-0.3, -0.25) is 37.3 Å². The molecule has 5 atom stereocenters. The first-order chi connectivity index (χ1) is 42.5. The summed E-state index contributed by atoms with van der Waals surface area (Å²) in [4.78, 5) is 72.4. The van der Waals surface area contributed by atoms with Crippen molar-refractivity contribution in [2.24, 2.45) is 5.92 Å². The Kier molecular flexibility index (Phi) is 61.1. The van der Waals surface area contributed by atoms with Gasteiger partial charge in [0.25, 0.3) is 0 Å². The molecule has 0 aliphatic rings. The van der Waals surface area contributed by atoms with E-state index in [1.54, 1.807) is 0 Å². The number of ether oxygens (including phenoxy) is 4. The molecule has 3 N–H and O–H groups in total. The van der Waals surface area contributed by atoms with Crippen LogP contribution in [0.3, 0.4) is 0 Å². The van der Waals surface area contributed by atoms with Crippen molar-refractivity contribution in [3.63, 3.8) is 0 Å². The molecule has 0 aliphatic heterocycles. The summed E-state index contributed by atoms with van der Waals surface area (Å²) >= 11 is 0. The first-order valence-corrected chi connectivity index (χ1v) is 39.1. The summed E-state index contributed by atoms with van der Waals surface area (Å²) in [5, 5.41) is 10.6. The van der Waals surface area contributed by atoms with Crippen LogP contribution in [0.25, 0.3) is 0 Å². The van der Waals surface area contributed by atoms with Crippen molar-refractivity contribution in [3.8, 4) is 0 Å². The Morgan fingerprint density at radius 3 is 0.773 bits per heavy atom. The van der Waals surface area contributed by atoms with Gasteiger partial charge >= 0.3 is 39.5 Å². The van der Waals surface area contributed by atoms with Crippen LogP contribution in [-0.2, 0) is 65.4 Å². The maximum absolute atomic E-state index is 13.0. The molecule has 0 aromatic rings. The van der Waals surface area contributed by atoms with E-state index in [0.29, 0.717) is 31.6 Å². The molecule has 0 aromatic carbocycles. The number of hydrogen-bond acceptors (Lipinski definition) is 15. The Morgan fingerprint density at radius 1 is 0.307 bits per heavy atom. The quantitative estimate of drug-likeness (QED) is 0.0222. The number of carbonyl (C=O) groups is 4. The lowest BCUT2D eigenvalue weighted by molar-refractivity contribution is -0.161. The van der Waals surface area contributed by atoms with E-state index in [-0.39, 0.29) is 25.7 Å². The summed E-state index contributed by atoms with van der Waals surface area (Å²) in [6.45, 7) is 7.16. The molecule has 0 heterocycles. The van der Waals surface area contributed by atoms with Crippen molar-refractivity contribution >= 4 is 39.5 Å². The molecular weight excluding hydrogens is 1160 g/mol. The number of esters is 4. The molecule has 2 unspecified atom stereocenters. The van der Waals surface area contributed by atoms with Gasteiger partial charge in [0.2, 0.25) is 0 Å². The average Bonchev–Trinajstić information content (AvgIpc) is 3.57. The molecule has 0 radical (unpaired) electrons. The molecule has 522 valence electrons. The highest BCUT2D eigenvalue weighted by molar-refractivity contribution is 7.47. The Balaban J connectivity index is 5.23. The van der Waals surface area contributed by atoms with Crippen LogP contribution in [0.4, 0.5) is 0 Å². The maximum atomic E-state index is 13.0. The van der Waals surface area contributed by atoms with Crippen LogP contribution >= 0.6 is 15.6 Å². The zero-order chi connectivity index (χ0) is 64.9. The topological polar surface area (TPSA) is 237 Å². The fourth-order valence-corrected chi connectivity index (χ4v) is 12.0. The molecule has 0 saturated carbocycles. The lowest BCUT2D eigenvalue weighted by atomic mass is 10.0. The van der Waals surface area contributed by atoms with Gasteiger partial charge in [-0.1, -0.05) is 304 Å². The molecule has 17 nitrogen and oxygen atoms in total. The molecule has 88 heavy (non-hydrogen) atoms. The van der Waals surface area contributed by atoms with Crippen LogP contribution in [0.15, 0.2) is 0 Å². The standard InChI is InChI=1S/C69H134O17P2/c1-6-9-12-15-18-21-24-26-28-31-33-36-42-47-52-66(71)79-58-64(85-69(74)55-50-45-38-35-32-29-27-25-22-19-16-13-10-7-2)60-83-87(75,76)81-56-63(70)57-82-88(77,78)84-61-65(59-80-67(72)53-48-43-40-39-41-46-51-62(4)5)86-68(73)54-49-44-37-34-30-23-20-17-14-11-8-3/h62-65,70H,6-61H2,1-5H3,(H,75,76)(H,77,78)/t63-,64-,65-/m1/s1. The van der Waals surface area contributed by atoms with E-state index >= 15 is 0 Å². The summed E-state index contributed by atoms with van der Waals surface area (Å²) in [6, 6.07) is 0. The number of aliphatic hydroxyl groups excluding tert-OH is 1. The summed E-state index contributed by atoms with van der Waals surface area (Å²) in [5.74, 6) is -1.44. The maximum Gasteiger partial charge on any atom is 0.472 e. The minimum Gasteiger partial charge on any atom is -0.462 e. The largest absolute Gasteiger partial charge is 0.472 e. The molecule has 0 amide bonds. The fraction of sp³-hybridized carbons (Fsp3) is 0.942. The Labute approximate surface area is 537 Å². The second-order valence-corrected chi connectivity index (χ2v) is 28.3. The molecule has 0 fully saturated rings. The molecule has 0 aliphatic carbocycles. The number of rotatable bonds is 69. The van der Waals surface area contributed by atoms with Crippen LogP contribution in [0.2, 0.25) is 0 Å². The second kappa shape index (κ2) is 62.5. The van der Waals surface area contributed by atoms with Crippen molar-refractivity contribution < 1.29 is 80.2 Å². The van der Waals surface area contributed by atoms with Crippen LogP contribution < -0.4 is 0 Å². The van der Waals surface area contributed by atoms with E-state index in [4.69, 9.17) is 37.0 Å². The van der Waals surface area contributed by atoms with Crippen molar-refractivity contribution in [1.29, 1.82) is 0 Å². The van der Waals surface area contributed by atoms with Crippen molar-refractivity contribution in [1.82, 2.24) is 0 Å². The summed E-state index contributed by atoms with van der Waals surface area (Å²) in [6.07, 6.45) is 48.6. The van der Waals surface area contributed by atoms with Gasteiger partial charge in [-0.25, -0.2) is 9.13 Å². The van der Waals surface area contributed by atoms with E-state index in [9.17, 15) is 43.2 Å². The van der Waals surface area contributed by atoms with Crippen molar-refractivity contribution in [2.75, 3.05) is 39.6 Å². The van der Waals surface area contributed by atoms with E-state index in [0.717, 1.165) is 96.3 Å². The van der Waals surface area contributed by atoms with Gasteiger partial charge < -0.3 is 33.8 Å². The molecule has 0 rings (SSSR count). The zero-order valence-corrected chi connectivity index (χ0v) is 58.6. The van der Waals surface area contributed by atoms with E-state index in [1.807, 2.05) is 0 Å². The fourth-order valence-electron chi connectivity index (χ4n) is 10.5. The van der Waals surface area contributed by atoms with Gasteiger partial charge in [0.1, 0.15) is 19.3 Å². The minimum atomic E-state index is -4.95. The second-order valence-electron chi connectivity index (χ2n) is 25.4. The highest BCUT2D eigenvalue weighted by Crippen LogP contribution is 2.45. The molecule has 0 saturated heterocycles. The van der Waals surface area contributed by atoms with Gasteiger partial charge in [-0.15, -0.1) is 0 Å². The van der Waals surface area contributed by atoms with Gasteiger partial charge in [0.15, 0.2) is 12.2 Å². The van der Waals surface area contributed by atoms with Crippen LogP contribution in [-0.4, -0.2) is 96.7 Å². The number of phosphoric ester groups is 2. The number of phosphoric acid groups is 2. The monoisotopic (exact) mass is 1300 g/mol. The van der Waals surface area contributed by atoms with E-state index in [1.165, 1.54) is 173 Å². The summed E-state index contributed by atoms with van der Waals surface area (Å²) in [5.41, 5.74) is 0. The SMILES string of the molecule is CCCCCCCCCCCCCCCCC(=O)OC[C@H](COP(=O)(O)OC[C@@H](O)COP(=O)(O)OC[C@@H](COC(=O)CCCCCCCCC(C)C)OC(=O)CCCCCCCCCCCCC)OC(=O)CCCCCCCCCCCCCCCC. The van der Waals surface area contributed by atoms with Crippen LogP contribution in [0, 0.1) is 5.92 Å². The summed E-state index contributed by atoms with van der Waals surface area (Å²) < 4.78 is 68.2. The number of hydrogen-bond donors (Lipinski definition) is 3. The third-order valence-electron chi connectivity index (χ3n) is 16.0. The predicted octanol–water partition coefficient (Wildman–Crippen LogP) is 19.7. The minimum absolute atomic E-state index is 0.106. The van der Waals surface area contributed by atoms with Crippen molar-refractivity contribution in [3.05, 3.63) is 0 Å². The van der Waals surface area contributed by atoms with Crippen molar-refractivity contribution in [2.45, 2.75) is 374 Å². The number of aliphatic hydroxyl groups is 1. The zero-order valence-electron chi connectivity index (χ0n) is 56.9. The molecular formula is C69H134O17P2. The summed E-state index contributed by atoms with van der Waals surface area (Å²) in [7, 11) is -9.89. The molecule has 0 aromatic heterocycles. The highest BCUT2D eigenvalue weighted by Gasteiger charge is 2.30. The normalized spacial score (nSPS) is 14.1. The Hall–Kier alpha value is -1.94. The third kappa shape index (κ3) is 62.8. The first kappa shape index (κ1) is 86.1.